The minimum Gasteiger partial charge on any atom is -0.293 e. The molecule has 140 valence electrons. The number of para-hydroxylation sites is 2. The normalized spacial score (nSPS) is 10.9. The van der Waals surface area contributed by atoms with Crippen LogP contribution in [0.4, 0.5) is 15.2 Å². The van der Waals surface area contributed by atoms with Gasteiger partial charge in [0.1, 0.15) is 5.82 Å². The van der Waals surface area contributed by atoms with E-state index in [4.69, 9.17) is 0 Å². The lowest BCUT2D eigenvalue weighted by Gasteiger charge is -2.18. The first-order valence-corrected chi connectivity index (χ1v) is 9.36. The van der Waals surface area contributed by atoms with Crippen molar-refractivity contribution >= 4 is 39.0 Å². The maximum Gasteiger partial charge on any atom is 0.261 e. The number of hydrogen-bond acceptors (Lipinski definition) is 5. The summed E-state index contributed by atoms with van der Waals surface area (Å²) in [6.45, 7) is 1.56. The van der Waals surface area contributed by atoms with Gasteiger partial charge in [0.05, 0.1) is 35.2 Å². The highest BCUT2D eigenvalue weighted by molar-refractivity contribution is 7.14. The predicted molar refractivity (Wildman–Crippen MR) is 106 cm³/mol. The van der Waals surface area contributed by atoms with Gasteiger partial charge in [-0.25, -0.2) is 14.4 Å². The fraction of sp³-hybridized carbons (Fsp3) is 0.100. The van der Waals surface area contributed by atoms with Crippen LogP contribution in [-0.4, -0.2) is 20.4 Å². The largest absolute Gasteiger partial charge is 0.293 e. The minimum atomic E-state index is -0.510. The Kier molecular flexibility index (Phi) is 4.70. The zero-order chi connectivity index (χ0) is 19.7. The summed E-state index contributed by atoms with van der Waals surface area (Å²) >= 11 is 1.21. The Morgan fingerprint density at radius 1 is 1.18 bits per heavy atom. The third kappa shape index (κ3) is 3.29. The van der Waals surface area contributed by atoms with Crippen molar-refractivity contribution in [3.8, 4) is 0 Å². The fourth-order valence-electron chi connectivity index (χ4n) is 2.91. The van der Waals surface area contributed by atoms with Crippen molar-refractivity contribution in [1.29, 1.82) is 0 Å². The Labute approximate surface area is 163 Å². The number of aromatic nitrogens is 3. The second-order valence-corrected chi connectivity index (χ2v) is 6.96. The summed E-state index contributed by atoms with van der Waals surface area (Å²) in [5.74, 6) is -0.861. The van der Waals surface area contributed by atoms with Crippen LogP contribution in [0.5, 0.6) is 0 Å². The molecule has 0 saturated heterocycles. The van der Waals surface area contributed by atoms with Crippen LogP contribution < -0.4 is 10.5 Å². The third-order valence-electron chi connectivity index (χ3n) is 4.20. The van der Waals surface area contributed by atoms with Crippen LogP contribution in [0, 0.1) is 5.82 Å². The lowest BCUT2D eigenvalue weighted by molar-refractivity contribution is -0.115. The molecule has 8 heteroatoms. The molecule has 0 atom stereocenters. The van der Waals surface area contributed by atoms with Crippen LogP contribution in [0.1, 0.15) is 12.6 Å². The van der Waals surface area contributed by atoms with Crippen molar-refractivity contribution in [2.75, 3.05) is 4.90 Å². The van der Waals surface area contributed by atoms with Crippen molar-refractivity contribution < 1.29 is 9.18 Å². The molecule has 0 unspecified atom stereocenters. The van der Waals surface area contributed by atoms with Gasteiger partial charge < -0.3 is 0 Å². The molecule has 0 radical (unpaired) electrons. The van der Waals surface area contributed by atoms with E-state index in [0.717, 1.165) is 0 Å². The van der Waals surface area contributed by atoms with Crippen molar-refractivity contribution in [2.45, 2.75) is 13.5 Å². The van der Waals surface area contributed by atoms with Gasteiger partial charge in [0, 0.05) is 12.3 Å². The van der Waals surface area contributed by atoms with Gasteiger partial charge in [0.15, 0.2) is 5.13 Å². The summed E-state index contributed by atoms with van der Waals surface area (Å²) in [6.07, 6.45) is 1.48. The molecule has 0 bridgehead atoms. The van der Waals surface area contributed by atoms with E-state index in [0.29, 0.717) is 21.7 Å². The van der Waals surface area contributed by atoms with E-state index in [2.05, 4.69) is 9.97 Å². The number of anilines is 2. The van der Waals surface area contributed by atoms with Crippen LogP contribution in [0.15, 0.2) is 65.0 Å². The van der Waals surface area contributed by atoms with Gasteiger partial charge in [-0.1, -0.05) is 24.3 Å². The Morgan fingerprint density at radius 2 is 1.93 bits per heavy atom. The van der Waals surface area contributed by atoms with Crippen LogP contribution in [0.2, 0.25) is 0 Å². The smallest absolute Gasteiger partial charge is 0.261 e. The summed E-state index contributed by atoms with van der Waals surface area (Å²) < 4.78 is 15.6. The van der Waals surface area contributed by atoms with Crippen molar-refractivity contribution in [1.82, 2.24) is 14.5 Å². The van der Waals surface area contributed by atoms with Crippen LogP contribution >= 0.6 is 11.3 Å². The molecule has 0 aliphatic heterocycles. The Balaban J connectivity index is 1.68. The average molecular weight is 394 g/mol. The van der Waals surface area contributed by atoms with E-state index >= 15 is 0 Å². The average Bonchev–Trinajstić information content (AvgIpc) is 3.14. The molecule has 1 amide bonds. The number of thiazole rings is 1. The summed E-state index contributed by atoms with van der Waals surface area (Å²) in [5.41, 5.74) is 1.19. The molecule has 28 heavy (non-hydrogen) atoms. The van der Waals surface area contributed by atoms with Gasteiger partial charge in [-0.15, -0.1) is 11.3 Å². The van der Waals surface area contributed by atoms with Crippen LogP contribution in [0.25, 0.3) is 10.9 Å². The van der Waals surface area contributed by atoms with Gasteiger partial charge in [-0.3, -0.25) is 19.1 Å². The molecule has 0 spiro atoms. The van der Waals surface area contributed by atoms with E-state index in [1.807, 2.05) is 6.07 Å². The molecule has 0 aliphatic rings. The molecular weight excluding hydrogens is 379 g/mol. The second-order valence-electron chi connectivity index (χ2n) is 6.12. The highest BCUT2D eigenvalue weighted by Gasteiger charge is 2.21. The maximum atomic E-state index is 14.2. The number of carbonyl (C=O) groups excluding carboxylic acids is 1. The lowest BCUT2D eigenvalue weighted by Crippen LogP contribution is -2.24. The molecule has 4 aromatic rings. The molecule has 2 aromatic heterocycles. The lowest BCUT2D eigenvalue weighted by atomic mass is 10.2. The number of nitrogens with zero attached hydrogens (tertiary/aromatic N) is 4. The fourth-order valence-corrected chi connectivity index (χ4v) is 3.78. The van der Waals surface area contributed by atoms with E-state index < -0.39 is 5.82 Å². The zero-order valence-electron chi connectivity index (χ0n) is 14.9. The van der Waals surface area contributed by atoms with Gasteiger partial charge in [-0.05, 0) is 24.3 Å². The van der Waals surface area contributed by atoms with E-state index in [-0.39, 0.29) is 23.7 Å². The quantitative estimate of drug-likeness (QED) is 0.529. The number of benzene rings is 2. The summed E-state index contributed by atoms with van der Waals surface area (Å²) in [6, 6.07) is 13.1. The van der Waals surface area contributed by atoms with Gasteiger partial charge in [0.2, 0.25) is 5.91 Å². The Bertz CT molecular complexity index is 1230. The van der Waals surface area contributed by atoms with Crippen LogP contribution in [-0.2, 0) is 11.3 Å². The topological polar surface area (TPSA) is 68.1 Å². The van der Waals surface area contributed by atoms with E-state index in [1.165, 1.54) is 46.2 Å². The van der Waals surface area contributed by atoms with E-state index in [9.17, 15) is 14.0 Å². The van der Waals surface area contributed by atoms with Crippen LogP contribution in [0.3, 0.4) is 0 Å². The number of rotatable bonds is 4. The predicted octanol–water partition coefficient (Wildman–Crippen LogP) is 3.73. The van der Waals surface area contributed by atoms with Crippen molar-refractivity contribution in [3.63, 3.8) is 0 Å². The molecule has 6 nitrogen and oxygen atoms in total. The molecule has 2 heterocycles. The number of carbonyl (C=O) groups is 1. The summed E-state index contributed by atoms with van der Waals surface area (Å²) in [7, 11) is 0. The van der Waals surface area contributed by atoms with E-state index in [1.54, 1.807) is 35.7 Å². The molecule has 4 rings (SSSR count). The molecular formula is C20H15FN4O2S. The minimum absolute atomic E-state index is 0.139. The van der Waals surface area contributed by atoms with Gasteiger partial charge in [0.25, 0.3) is 5.56 Å². The van der Waals surface area contributed by atoms with Gasteiger partial charge >= 0.3 is 0 Å². The number of fused-ring (bicyclic) bond motifs is 1. The summed E-state index contributed by atoms with van der Waals surface area (Å²) in [5, 5.41) is 2.61. The number of halogens is 1. The molecule has 0 aliphatic carbocycles. The zero-order valence-corrected chi connectivity index (χ0v) is 15.7. The molecule has 0 saturated carbocycles. The number of amides is 1. The van der Waals surface area contributed by atoms with Crippen molar-refractivity contribution in [3.05, 3.63) is 82.1 Å². The highest BCUT2D eigenvalue weighted by Crippen LogP contribution is 2.30. The number of hydrogen-bond donors (Lipinski definition) is 0. The first-order valence-electron chi connectivity index (χ1n) is 8.48. The third-order valence-corrected chi connectivity index (χ3v) is 5.08. The second kappa shape index (κ2) is 7.32. The Hall–Kier alpha value is -3.39. The first kappa shape index (κ1) is 18.0. The molecule has 2 aromatic carbocycles. The highest BCUT2D eigenvalue weighted by atomic mass is 32.1. The molecule has 0 fully saturated rings. The van der Waals surface area contributed by atoms with Gasteiger partial charge in [-0.2, -0.15) is 0 Å². The maximum absolute atomic E-state index is 14.2. The summed E-state index contributed by atoms with van der Waals surface area (Å²) in [4.78, 5) is 34.7. The van der Waals surface area contributed by atoms with Crippen molar-refractivity contribution in [2.24, 2.45) is 0 Å². The Morgan fingerprint density at radius 3 is 2.71 bits per heavy atom. The molecule has 0 N–H and O–H groups in total. The first-order chi connectivity index (χ1) is 13.5. The standard InChI is InChI=1S/C20H15FN4O2S/c1-13(26)25(18-9-5-3-7-16(18)21)20-23-14(11-28-20)10-24-12-22-17-8-4-2-6-15(17)19(24)27/h2-9,11-12H,10H2,1H3. The monoisotopic (exact) mass is 394 g/mol. The SMILES string of the molecule is CC(=O)N(c1nc(Cn2cnc3ccccc3c2=O)cs1)c1ccccc1F.